The van der Waals surface area contributed by atoms with E-state index in [1.165, 1.54) is 32.1 Å². The van der Waals surface area contributed by atoms with Crippen molar-refractivity contribution in [3.05, 3.63) is 23.9 Å². The van der Waals surface area contributed by atoms with E-state index in [-0.39, 0.29) is 24.0 Å². The lowest BCUT2D eigenvalue weighted by Crippen LogP contribution is -2.39. The summed E-state index contributed by atoms with van der Waals surface area (Å²) >= 11 is 0. The first-order chi connectivity index (χ1) is 12.7. The van der Waals surface area contributed by atoms with Gasteiger partial charge in [-0.25, -0.2) is 4.98 Å². The normalized spacial score (nSPS) is 17.9. The number of hydrogen-bond acceptors (Lipinski definition) is 4. The van der Waals surface area contributed by atoms with Gasteiger partial charge in [0.25, 0.3) is 0 Å². The van der Waals surface area contributed by atoms with Gasteiger partial charge in [-0.15, -0.1) is 24.0 Å². The molecule has 1 aromatic rings. The summed E-state index contributed by atoms with van der Waals surface area (Å²) in [5.41, 5.74) is 1.13. The van der Waals surface area contributed by atoms with Gasteiger partial charge in [0.05, 0.1) is 6.61 Å². The van der Waals surface area contributed by atoms with Crippen LogP contribution in [0, 0.1) is 11.8 Å². The lowest BCUT2D eigenvalue weighted by molar-refractivity contribution is 0.0625. The maximum absolute atomic E-state index is 5.69. The second kappa shape index (κ2) is 11.7. The van der Waals surface area contributed by atoms with Crippen molar-refractivity contribution in [3.8, 4) is 5.88 Å². The molecule has 1 aliphatic carbocycles. The van der Waals surface area contributed by atoms with E-state index in [1.807, 2.05) is 19.3 Å². The Morgan fingerprint density at radius 2 is 2.04 bits per heavy atom. The molecule has 2 heterocycles. The van der Waals surface area contributed by atoms with E-state index in [1.54, 1.807) is 0 Å². The Morgan fingerprint density at radius 3 is 2.67 bits per heavy atom. The van der Waals surface area contributed by atoms with Crippen molar-refractivity contribution in [2.75, 3.05) is 40.5 Å². The third-order valence-electron chi connectivity index (χ3n) is 5.20. The Hall–Kier alpha value is -1.09. The Bertz CT molecular complexity index is 572. The minimum absolute atomic E-state index is 0. The first kappa shape index (κ1) is 22.2. The van der Waals surface area contributed by atoms with Gasteiger partial charge in [0.15, 0.2) is 5.96 Å². The van der Waals surface area contributed by atoms with Crippen LogP contribution >= 0.6 is 24.0 Å². The fraction of sp³-hybridized carbons (Fsp3) is 0.700. The SMILES string of the molecule is CN=C(NCc1ccc(OCC2CC2)nc1)N(C)CCC1CCOCC1.I. The van der Waals surface area contributed by atoms with E-state index < -0.39 is 0 Å². The van der Waals surface area contributed by atoms with Gasteiger partial charge < -0.3 is 19.7 Å². The van der Waals surface area contributed by atoms with Crippen LogP contribution in [0.4, 0.5) is 0 Å². The molecule has 0 atom stereocenters. The topological polar surface area (TPSA) is 59.0 Å². The molecular formula is C20H33IN4O2. The number of halogens is 1. The average molecular weight is 488 g/mol. The molecule has 152 valence electrons. The van der Waals surface area contributed by atoms with Gasteiger partial charge in [-0.3, -0.25) is 4.99 Å². The van der Waals surface area contributed by atoms with Crippen molar-refractivity contribution in [3.63, 3.8) is 0 Å². The lowest BCUT2D eigenvalue weighted by atomic mass is 9.96. The monoisotopic (exact) mass is 488 g/mol. The summed E-state index contributed by atoms with van der Waals surface area (Å²) in [4.78, 5) is 11.0. The van der Waals surface area contributed by atoms with Crippen LogP contribution in [-0.2, 0) is 11.3 Å². The maximum Gasteiger partial charge on any atom is 0.213 e. The summed E-state index contributed by atoms with van der Waals surface area (Å²) in [7, 11) is 3.93. The number of aromatic nitrogens is 1. The van der Waals surface area contributed by atoms with Crippen molar-refractivity contribution in [1.29, 1.82) is 0 Å². The highest BCUT2D eigenvalue weighted by Crippen LogP contribution is 2.29. The Labute approximate surface area is 180 Å². The van der Waals surface area contributed by atoms with Crippen molar-refractivity contribution in [1.82, 2.24) is 15.2 Å². The summed E-state index contributed by atoms with van der Waals surface area (Å²) in [6.07, 6.45) is 8.02. The summed E-state index contributed by atoms with van der Waals surface area (Å²) in [5.74, 6) is 3.17. The van der Waals surface area contributed by atoms with Crippen molar-refractivity contribution < 1.29 is 9.47 Å². The molecule has 0 unspecified atom stereocenters. The zero-order chi connectivity index (χ0) is 18.2. The minimum Gasteiger partial charge on any atom is -0.477 e. The fourth-order valence-electron chi connectivity index (χ4n) is 3.17. The molecule has 27 heavy (non-hydrogen) atoms. The highest BCUT2D eigenvalue weighted by molar-refractivity contribution is 14.0. The van der Waals surface area contributed by atoms with Gasteiger partial charge in [0.1, 0.15) is 0 Å². The van der Waals surface area contributed by atoms with Gasteiger partial charge in [0, 0.05) is 52.7 Å². The van der Waals surface area contributed by atoms with E-state index in [9.17, 15) is 0 Å². The van der Waals surface area contributed by atoms with Gasteiger partial charge in [-0.1, -0.05) is 6.07 Å². The zero-order valence-corrected chi connectivity index (χ0v) is 18.9. The molecule has 3 rings (SSSR count). The van der Waals surface area contributed by atoms with Gasteiger partial charge in [-0.05, 0) is 49.5 Å². The summed E-state index contributed by atoms with van der Waals surface area (Å²) in [6.45, 7) is 4.35. The van der Waals surface area contributed by atoms with Gasteiger partial charge >= 0.3 is 0 Å². The predicted octanol–water partition coefficient (Wildman–Crippen LogP) is 3.31. The molecule has 0 amide bonds. The van der Waals surface area contributed by atoms with Crippen LogP contribution < -0.4 is 10.1 Å². The van der Waals surface area contributed by atoms with E-state index in [2.05, 4.69) is 33.3 Å². The van der Waals surface area contributed by atoms with Crippen molar-refractivity contribution in [2.24, 2.45) is 16.8 Å². The summed E-state index contributed by atoms with van der Waals surface area (Å²) in [5, 5.41) is 3.42. The van der Waals surface area contributed by atoms with E-state index in [0.717, 1.165) is 55.6 Å². The average Bonchev–Trinajstić information content (AvgIpc) is 3.51. The number of aliphatic imine (C=N–C) groups is 1. The quantitative estimate of drug-likeness (QED) is 0.346. The van der Waals surface area contributed by atoms with Crippen molar-refractivity contribution >= 4 is 29.9 Å². The Balaban J connectivity index is 0.00000261. The number of nitrogens with one attached hydrogen (secondary N) is 1. The molecule has 7 heteroatoms. The molecule has 1 aliphatic heterocycles. The molecule has 0 aromatic carbocycles. The summed E-state index contributed by atoms with van der Waals surface area (Å²) < 4.78 is 11.1. The van der Waals surface area contributed by atoms with Gasteiger partial charge in [-0.2, -0.15) is 0 Å². The largest absolute Gasteiger partial charge is 0.477 e. The number of guanidine groups is 1. The van der Waals surface area contributed by atoms with Crippen LogP contribution in [0.1, 0.15) is 37.7 Å². The molecule has 1 aromatic heterocycles. The second-order valence-corrected chi connectivity index (χ2v) is 7.43. The van der Waals surface area contributed by atoms with Crippen LogP contribution in [0.25, 0.3) is 0 Å². The third kappa shape index (κ3) is 7.81. The maximum atomic E-state index is 5.69. The Kier molecular flexibility index (Phi) is 9.61. The van der Waals surface area contributed by atoms with E-state index in [4.69, 9.17) is 9.47 Å². The molecule has 0 spiro atoms. The van der Waals surface area contributed by atoms with Crippen LogP contribution in [0.2, 0.25) is 0 Å². The first-order valence-corrected chi connectivity index (χ1v) is 9.82. The molecule has 1 saturated carbocycles. The molecule has 6 nitrogen and oxygen atoms in total. The fourth-order valence-corrected chi connectivity index (χ4v) is 3.17. The smallest absolute Gasteiger partial charge is 0.213 e. The van der Waals surface area contributed by atoms with Crippen molar-refractivity contribution in [2.45, 2.75) is 38.6 Å². The predicted molar refractivity (Wildman–Crippen MR) is 119 cm³/mol. The number of rotatable bonds is 8. The van der Waals surface area contributed by atoms with Crippen LogP contribution in [0.5, 0.6) is 5.88 Å². The molecular weight excluding hydrogens is 455 g/mol. The van der Waals surface area contributed by atoms with E-state index in [0.29, 0.717) is 6.54 Å². The number of ether oxygens (including phenoxy) is 2. The van der Waals surface area contributed by atoms with Gasteiger partial charge in [0.2, 0.25) is 5.88 Å². The molecule has 0 radical (unpaired) electrons. The second-order valence-electron chi connectivity index (χ2n) is 7.43. The molecule has 2 aliphatic rings. The lowest BCUT2D eigenvalue weighted by Gasteiger charge is -2.26. The molecule has 2 fully saturated rings. The molecule has 0 bridgehead atoms. The summed E-state index contributed by atoms with van der Waals surface area (Å²) in [6, 6.07) is 4.02. The minimum atomic E-state index is 0. The standard InChI is InChI=1S/C20H32N4O2.HI/c1-21-20(24(2)10-7-16-8-11-25-12-9-16)23-14-18-5-6-19(22-13-18)26-15-17-3-4-17;/h5-6,13,16-17H,3-4,7-12,14-15H2,1-2H3,(H,21,23);1H. The Morgan fingerprint density at radius 1 is 1.26 bits per heavy atom. The third-order valence-corrected chi connectivity index (χ3v) is 5.20. The number of hydrogen-bond donors (Lipinski definition) is 1. The number of nitrogens with zero attached hydrogens (tertiary/aromatic N) is 3. The van der Waals surface area contributed by atoms with Crippen LogP contribution in [-0.4, -0.2) is 56.3 Å². The number of pyridine rings is 1. The van der Waals surface area contributed by atoms with E-state index >= 15 is 0 Å². The highest BCUT2D eigenvalue weighted by Gasteiger charge is 2.22. The van der Waals surface area contributed by atoms with Crippen LogP contribution in [0.15, 0.2) is 23.3 Å². The zero-order valence-electron chi connectivity index (χ0n) is 16.5. The highest BCUT2D eigenvalue weighted by atomic mass is 127. The molecule has 1 saturated heterocycles. The molecule has 1 N–H and O–H groups in total. The van der Waals surface area contributed by atoms with Crippen LogP contribution in [0.3, 0.4) is 0 Å². The first-order valence-electron chi connectivity index (χ1n) is 9.82.